The molecule has 0 aliphatic heterocycles. The molecule has 1 rings (SSSR count). The summed E-state index contributed by atoms with van der Waals surface area (Å²) in [7, 11) is -7.33. The summed E-state index contributed by atoms with van der Waals surface area (Å²) in [6.07, 6.45) is 2.86. The van der Waals surface area contributed by atoms with Gasteiger partial charge in [0.05, 0.1) is 10.6 Å². The molecule has 0 aliphatic rings. The maximum absolute atomic E-state index is 12.2. The number of benzene rings is 1. The van der Waals surface area contributed by atoms with Crippen molar-refractivity contribution in [2.75, 3.05) is 30.2 Å². The number of nitrogen functional groups attached to an aromatic ring is 1. The first-order valence-electron chi connectivity index (χ1n) is 5.51. The molecule has 1 aromatic carbocycles. The number of rotatable bonds is 7. The second-order valence-corrected chi connectivity index (χ2v) is 8.70. The molecule has 114 valence electrons. The SMILES string of the molecule is CSCCNS(=O)(=O)c1cc(S(C)(=O)=O)ccc1NN. The number of thioether (sulfide) groups is 1. The van der Waals surface area contributed by atoms with Gasteiger partial charge in [-0.2, -0.15) is 11.8 Å². The number of hydrazine groups is 1. The molecule has 0 spiro atoms. The lowest BCUT2D eigenvalue weighted by Crippen LogP contribution is -2.27. The summed E-state index contributed by atoms with van der Waals surface area (Å²) in [6, 6.07) is 3.71. The van der Waals surface area contributed by atoms with E-state index in [0.29, 0.717) is 5.75 Å². The third-order valence-corrected chi connectivity index (χ3v) is 5.65. The second kappa shape index (κ2) is 6.76. The van der Waals surface area contributed by atoms with Crippen molar-refractivity contribution in [1.29, 1.82) is 0 Å². The van der Waals surface area contributed by atoms with Crippen LogP contribution in [0.25, 0.3) is 0 Å². The Morgan fingerprint density at radius 2 is 1.90 bits per heavy atom. The molecule has 0 aromatic heterocycles. The zero-order valence-corrected chi connectivity index (χ0v) is 13.5. The highest BCUT2D eigenvalue weighted by Crippen LogP contribution is 2.24. The number of anilines is 1. The average Bonchev–Trinajstić information content (AvgIpc) is 2.37. The van der Waals surface area contributed by atoms with Gasteiger partial charge >= 0.3 is 0 Å². The van der Waals surface area contributed by atoms with Gasteiger partial charge in [-0.25, -0.2) is 21.6 Å². The molecule has 0 heterocycles. The third-order valence-electron chi connectivity index (χ3n) is 2.42. The quantitative estimate of drug-likeness (QED) is 0.364. The van der Waals surface area contributed by atoms with Crippen molar-refractivity contribution in [3.05, 3.63) is 18.2 Å². The molecular formula is C10H17N3O4S3. The number of hydrogen-bond donors (Lipinski definition) is 3. The van der Waals surface area contributed by atoms with Gasteiger partial charge in [-0.05, 0) is 24.5 Å². The predicted octanol–water partition coefficient (Wildman–Crippen LogP) is 0.0170. The van der Waals surface area contributed by atoms with Crippen molar-refractivity contribution < 1.29 is 16.8 Å². The smallest absolute Gasteiger partial charge is 0.242 e. The molecule has 0 saturated carbocycles. The summed E-state index contributed by atoms with van der Waals surface area (Å²) in [4.78, 5) is -0.272. The molecule has 7 nitrogen and oxygen atoms in total. The van der Waals surface area contributed by atoms with Crippen molar-refractivity contribution in [3.8, 4) is 0 Å². The molecule has 20 heavy (non-hydrogen) atoms. The lowest BCUT2D eigenvalue weighted by Gasteiger charge is -2.12. The normalized spacial score (nSPS) is 12.3. The minimum Gasteiger partial charge on any atom is -0.323 e. The van der Waals surface area contributed by atoms with E-state index in [1.54, 1.807) is 0 Å². The minimum atomic E-state index is -3.83. The van der Waals surface area contributed by atoms with Gasteiger partial charge in [-0.15, -0.1) is 0 Å². The molecule has 0 aliphatic carbocycles. The van der Waals surface area contributed by atoms with Crippen molar-refractivity contribution in [2.24, 2.45) is 5.84 Å². The Labute approximate surface area is 123 Å². The van der Waals surface area contributed by atoms with Gasteiger partial charge < -0.3 is 5.43 Å². The summed E-state index contributed by atoms with van der Waals surface area (Å²) in [6.45, 7) is 0.247. The van der Waals surface area contributed by atoms with Crippen molar-refractivity contribution in [2.45, 2.75) is 9.79 Å². The van der Waals surface area contributed by atoms with Crippen LogP contribution in [0.5, 0.6) is 0 Å². The number of nitrogens with two attached hydrogens (primary N) is 1. The summed E-state index contributed by atoms with van der Waals surface area (Å²) >= 11 is 1.49. The summed E-state index contributed by atoms with van der Waals surface area (Å²) in [5.74, 6) is 5.87. The molecule has 0 fully saturated rings. The molecule has 0 unspecified atom stereocenters. The van der Waals surface area contributed by atoms with Crippen LogP contribution < -0.4 is 16.0 Å². The van der Waals surface area contributed by atoms with Crippen molar-refractivity contribution >= 4 is 37.3 Å². The van der Waals surface area contributed by atoms with Crippen molar-refractivity contribution in [3.63, 3.8) is 0 Å². The fraction of sp³-hybridized carbons (Fsp3) is 0.400. The van der Waals surface area contributed by atoms with E-state index < -0.39 is 19.9 Å². The molecule has 0 atom stereocenters. The topological polar surface area (TPSA) is 118 Å². The lowest BCUT2D eigenvalue weighted by atomic mass is 10.3. The average molecular weight is 339 g/mol. The first kappa shape index (κ1) is 17.2. The monoisotopic (exact) mass is 339 g/mol. The van der Waals surface area contributed by atoms with Gasteiger partial charge in [0.25, 0.3) is 0 Å². The summed E-state index contributed by atoms with van der Waals surface area (Å²) < 4.78 is 49.7. The second-order valence-electron chi connectivity index (χ2n) is 3.97. The Morgan fingerprint density at radius 3 is 2.40 bits per heavy atom. The predicted molar refractivity (Wildman–Crippen MR) is 80.9 cm³/mol. The first-order chi connectivity index (χ1) is 9.22. The van der Waals surface area contributed by atoms with Gasteiger partial charge in [0.1, 0.15) is 4.90 Å². The molecule has 0 bridgehead atoms. The van der Waals surface area contributed by atoms with E-state index in [4.69, 9.17) is 5.84 Å². The largest absolute Gasteiger partial charge is 0.323 e. The highest BCUT2D eigenvalue weighted by atomic mass is 32.2. The van der Waals surface area contributed by atoms with Crippen LogP contribution in [0, 0.1) is 0 Å². The Kier molecular flexibility index (Phi) is 5.83. The molecule has 0 saturated heterocycles. The fourth-order valence-electron chi connectivity index (χ4n) is 1.43. The third kappa shape index (κ3) is 4.35. The fourth-order valence-corrected chi connectivity index (χ4v) is 3.81. The van der Waals surface area contributed by atoms with Crippen molar-refractivity contribution in [1.82, 2.24) is 4.72 Å². The van der Waals surface area contributed by atoms with Gasteiger partial charge in [0.15, 0.2) is 9.84 Å². The standard InChI is InChI=1S/C10H17N3O4S3/c1-18-6-5-12-20(16,17)10-7-8(19(2,14)15)3-4-9(10)13-11/h3-4,7,12-13H,5-6,11H2,1-2H3. The summed E-state index contributed by atoms with van der Waals surface area (Å²) in [5, 5.41) is 0. The molecule has 4 N–H and O–H groups in total. The van der Waals surface area contributed by atoms with Crippen LogP contribution in [0.3, 0.4) is 0 Å². The van der Waals surface area contributed by atoms with Gasteiger partial charge in [-0.1, -0.05) is 0 Å². The molecule has 10 heteroatoms. The number of sulfonamides is 1. The molecular weight excluding hydrogens is 322 g/mol. The van der Waals surface area contributed by atoms with E-state index in [1.165, 1.54) is 23.9 Å². The Morgan fingerprint density at radius 1 is 1.25 bits per heavy atom. The van der Waals surface area contributed by atoms with E-state index in [9.17, 15) is 16.8 Å². The van der Waals surface area contributed by atoms with Crippen LogP contribution in [0.2, 0.25) is 0 Å². The van der Waals surface area contributed by atoms with Crippen LogP contribution in [-0.4, -0.2) is 41.6 Å². The molecule has 0 radical (unpaired) electrons. The Hall–Kier alpha value is -0.810. The Bertz CT molecular complexity index is 671. The van der Waals surface area contributed by atoms with E-state index in [0.717, 1.165) is 12.3 Å². The van der Waals surface area contributed by atoms with Gasteiger partial charge in [0, 0.05) is 18.6 Å². The van der Waals surface area contributed by atoms with E-state index in [2.05, 4.69) is 10.1 Å². The van der Waals surface area contributed by atoms with Crippen LogP contribution in [-0.2, 0) is 19.9 Å². The van der Waals surface area contributed by atoms with Crippen LogP contribution >= 0.6 is 11.8 Å². The van der Waals surface area contributed by atoms with Crippen LogP contribution in [0.1, 0.15) is 0 Å². The number of hydrogen-bond acceptors (Lipinski definition) is 7. The van der Waals surface area contributed by atoms with E-state index in [1.807, 2.05) is 6.26 Å². The molecule has 1 aromatic rings. The summed E-state index contributed by atoms with van der Waals surface area (Å²) in [5.41, 5.74) is 2.38. The maximum Gasteiger partial charge on any atom is 0.242 e. The van der Waals surface area contributed by atoms with Crippen LogP contribution in [0.4, 0.5) is 5.69 Å². The highest BCUT2D eigenvalue weighted by Gasteiger charge is 2.20. The van der Waals surface area contributed by atoms with Gasteiger partial charge in [-0.3, -0.25) is 5.84 Å². The molecule has 0 amide bonds. The highest BCUT2D eigenvalue weighted by molar-refractivity contribution is 7.98. The van der Waals surface area contributed by atoms with E-state index in [-0.39, 0.29) is 22.0 Å². The maximum atomic E-state index is 12.2. The first-order valence-corrected chi connectivity index (χ1v) is 10.3. The Balaban J connectivity index is 3.27. The van der Waals surface area contributed by atoms with Gasteiger partial charge in [0.2, 0.25) is 10.0 Å². The minimum absolute atomic E-state index is 0.0817. The zero-order valence-electron chi connectivity index (χ0n) is 11.1. The lowest BCUT2D eigenvalue weighted by molar-refractivity contribution is 0.584. The zero-order chi connectivity index (χ0) is 15.4. The number of nitrogens with one attached hydrogen (secondary N) is 2. The van der Waals surface area contributed by atoms with E-state index >= 15 is 0 Å². The van der Waals surface area contributed by atoms with Crippen LogP contribution in [0.15, 0.2) is 28.0 Å². The number of sulfone groups is 1.